The lowest BCUT2D eigenvalue weighted by Crippen LogP contribution is -2.54. The minimum Gasteiger partial charge on any atom is -0.460 e. The molecule has 0 bridgehead atoms. The number of alkyl halides is 1. The minimum atomic E-state index is -1.60. The zero-order valence-electron chi connectivity index (χ0n) is 22.7. The summed E-state index contributed by atoms with van der Waals surface area (Å²) in [4.78, 5) is 32.9. The van der Waals surface area contributed by atoms with E-state index in [9.17, 15) is 14.0 Å². The molecule has 2 aliphatic heterocycles. The molecule has 4 aromatic rings. The van der Waals surface area contributed by atoms with Crippen LogP contribution in [0.5, 0.6) is 5.75 Å². The maximum atomic E-state index is 13.9. The first kappa shape index (κ1) is 27.2. The molecule has 1 aromatic carbocycles. The zero-order valence-corrected chi connectivity index (χ0v) is 23.4. The van der Waals surface area contributed by atoms with Crippen molar-refractivity contribution in [1.29, 1.82) is 0 Å². The Bertz CT molecular complexity index is 1620. The summed E-state index contributed by atoms with van der Waals surface area (Å²) in [6.45, 7) is 5.75. The summed E-state index contributed by atoms with van der Waals surface area (Å²) in [6, 6.07) is 6.41. The molecule has 6 rings (SSSR count). The topological polar surface area (TPSA) is 119 Å². The highest BCUT2D eigenvalue weighted by atomic mass is 35.5. The summed E-state index contributed by atoms with van der Waals surface area (Å²) in [7, 11) is 0. The highest BCUT2D eigenvalue weighted by Crippen LogP contribution is 2.38. The summed E-state index contributed by atoms with van der Waals surface area (Å²) in [5, 5.41) is 15.7. The van der Waals surface area contributed by atoms with Gasteiger partial charge in [-0.1, -0.05) is 11.6 Å². The van der Waals surface area contributed by atoms with Crippen LogP contribution in [0.15, 0.2) is 49.1 Å². The van der Waals surface area contributed by atoms with Gasteiger partial charge < -0.3 is 20.3 Å². The number of benzene rings is 1. The van der Waals surface area contributed by atoms with Crippen LogP contribution in [0, 0.1) is 5.92 Å². The Morgan fingerprint density at radius 1 is 1.37 bits per heavy atom. The van der Waals surface area contributed by atoms with Crippen LogP contribution in [-0.4, -0.2) is 72.6 Å². The molecule has 2 amide bonds. The van der Waals surface area contributed by atoms with Gasteiger partial charge in [0.25, 0.3) is 5.91 Å². The maximum Gasteiger partial charge on any atom is 0.261 e. The van der Waals surface area contributed by atoms with E-state index in [2.05, 4.69) is 32.7 Å². The van der Waals surface area contributed by atoms with Crippen LogP contribution < -0.4 is 15.4 Å². The molecule has 0 spiro atoms. The van der Waals surface area contributed by atoms with Crippen LogP contribution in [-0.2, 0) is 11.3 Å². The molecule has 0 radical (unpaired) electrons. The van der Waals surface area contributed by atoms with Crippen molar-refractivity contribution in [3.8, 4) is 17.0 Å². The summed E-state index contributed by atoms with van der Waals surface area (Å²) in [5.74, 6) is 0.0469. The fourth-order valence-corrected chi connectivity index (χ4v) is 5.88. The van der Waals surface area contributed by atoms with Gasteiger partial charge in [0, 0.05) is 54.7 Å². The minimum absolute atomic E-state index is 0.0335. The number of ether oxygens (including phenoxy) is 1. The van der Waals surface area contributed by atoms with Crippen LogP contribution in [0.25, 0.3) is 16.9 Å². The molecule has 11 nitrogen and oxygen atoms in total. The number of halogens is 2. The Hall–Kier alpha value is -4.03. The number of hydrogen-bond acceptors (Lipinski definition) is 7. The first-order chi connectivity index (χ1) is 19.7. The predicted octanol–water partition coefficient (Wildman–Crippen LogP) is 3.79. The van der Waals surface area contributed by atoms with E-state index in [0.29, 0.717) is 40.9 Å². The van der Waals surface area contributed by atoms with Gasteiger partial charge in [0.1, 0.15) is 23.6 Å². The molecule has 2 fully saturated rings. The normalized spacial score (nSPS) is 21.1. The van der Waals surface area contributed by atoms with E-state index in [1.165, 1.54) is 22.3 Å². The van der Waals surface area contributed by atoms with E-state index >= 15 is 0 Å². The van der Waals surface area contributed by atoms with Crippen molar-refractivity contribution in [2.24, 2.45) is 5.92 Å². The van der Waals surface area contributed by atoms with Gasteiger partial charge >= 0.3 is 0 Å². The number of hydrogen-bond donors (Lipinski definition) is 2. The predicted molar refractivity (Wildman–Crippen MR) is 151 cm³/mol. The molecule has 2 saturated heterocycles. The molecule has 0 saturated carbocycles. The molecule has 13 heteroatoms. The highest BCUT2D eigenvalue weighted by molar-refractivity contribution is 6.31. The zero-order chi connectivity index (χ0) is 28.7. The third kappa shape index (κ3) is 5.36. The molecule has 0 aliphatic carbocycles. The number of rotatable bonds is 7. The molecule has 214 valence electrons. The van der Waals surface area contributed by atoms with Gasteiger partial charge in [0.2, 0.25) is 12.3 Å². The monoisotopic (exact) mass is 580 g/mol. The average Bonchev–Trinajstić information content (AvgIpc) is 3.65. The number of likely N-dealkylation sites (tertiary alicyclic amines) is 1. The molecule has 3 unspecified atom stereocenters. The Morgan fingerprint density at radius 3 is 3.05 bits per heavy atom. The van der Waals surface area contributed by atoms with Gasteiger partial charge in [-0.25, -0.2) is 13.9 Å². The van der Waals surface area contributed by atoms with E-state index < -0.39 is 12.3 Å². The molecule has 3 atom stereocenters. The summed E-state index contributed by atoms with van der Waals surface area (Å²) in [5.41, 5.74) is 1.64. The van der Waals surface area contributed by atoms with Crippen molar-refractivity contribution in [2.45, 2.75) is 45.1 Å². The molecule has 41 heavy (non-hydrogen) atoms. The van der Waals surface area contributed by atoms with Crippen LogP contribution in [0.1, 0.15) is 37.0 Å². The Balaban J connectivity index is 1.32. The Morgan fingerprint density at radius 2 is 2.22 bits per heavy atom. The van der Waals surface area contributed by atoms with Gasteiger partial charge in [-0.2, -0.15) is 10.2 Å². The van der Waals surface area contributed by atoms with Gasteiger partial charge in [-0.05, 0) is 56.5 Å². The van der Waals surface area contributed by atoms with E-state index in [4.69, 9.17) is 16.3 Å². The summed E-state index contributed by atoms with van der Waals surface area (Å²) in [6.07, 6.45) is 6.58. The molecular weight excluding hydrogens is 551 g/mol. The standard InChI is InChI=1S/C28H30ClFN8O3/c1-17(30)41-23-5-4-19(29)12-20(23)25-22(34-27(40)21-13-33-38-10-3-8-31-26(21)38)15-37(35-25)16-24(39)36-11-7-28(2)18(14-36)6-9-32-28/h3-5,8,10,12-13,15,17-18,32H,6-7,9,11,14,16H2,1-2H3,(H,34,40). The summed E-state index contributed by atoms with van der Waals surface area (Å²) < 4.78 is 22.3. The maximum absolute atomic E-state index is 13.9. The van der Waals surface area contributed by atoms with Crippen LogP contribution in [0.2, 0.25) is 5.02 Å². The average molecular weight is 581 g/mol. The molecule has 2 N–H and O–H groups in total. The third-order valence-electron chi connectivity index (χ3n) is 7.93. The van der Waals surface area contributed by atoms with Crippen molar-refractivity contribution in [2.75, 3.05) is 25.0 Å². The number of fused-ring (bicyclic) bond motifs is 2. The van der Waals surface area contributed by atoms with Crippen molar-refractivity contribution >= 4 is 34.7 Å². The number of anilines is 1. The molecule has 3 aromatic heterocycles. The number of carbonyl (C=O) groups is 2. The number of carbonyl (C=O) groups excluding carboxylic acids is 2. The quantitative estimate of drug-likeness (QED) is 0.341. The van der Waals surface area contributed by atoms with Crippen LogP contribution in [0.3, 0.4) is 0 Å². The van der Waals surface area contributed by atoms with Gasteiger partial charge in [0.15, 0.2) is 5.65 Å². The van der Waals surface area contributed by atoms with Crippen LogP contribution in [0.4, 0.5) is 10.1 Å². The van der Waals surface area contributed by atoms with Crippen molar-refractivity contribution in [3.63, 3.8) is 0 Å². The largest absolute Gasteiger partial charge is 0.460 e. The second kappa shape index (κ2) is 10.7. The first-order valence-corrected chi connectivity index (χ1v) is 13.9. The second-order valence-electron chi connectivity index (χ2n) is 10.7. The SMILES string of the molecule is CC(F)Oc1ccc(Cl)cc1-c1nn(CC(=O)N2CCC3(C)NCCC3C2)cc1NC(=O)c1cnn2cccnc12. The Kier molecular flexibility index (Phi) is 7.12. The van der Waals surface area contributed by atoms with Gasteiger partial charge in [0.05, 0.1) is 11.9 Å². The van der Waals surface area contributed by atoms with Crippen molar-refractivity contribution in [3.05, 3.63) is 59.6 Å². The van der Waals surface area contributed by atoms with Gasteiger partial charge in [-0.3, -0.25) is 14.3 Å². The lowest BCUT2D eigenvalue weighted by Gasteiger charge is -2.42. The molecular formula is C28H30ClFN8O3. The number of nitrogens with one attached hydrogen (secondary N) is 2. The van der Waals surface area contributed by atoms with E-state index in [1.54, 1.807) is 42.9 Å². The molecule has 2 aliphatic rings. The number of piperidine rings is 1. The third-order valence-corrected chi connectivity index (χ3v) is 8.17. The number of nitrogens with zero attached hydrogens (tertiary/aromatic N) is 6. The van der Waals surface area contributed by atoms with Gasteiger partial charge in [-0.15, -0.1) is 0 Å². The fraction of sp³-hybridized carbons (Fsp3) is 0.393. The van der Waals surface area contributed by atoms with E-state index in [1.807, 2.05) is 4.90 Å². The fourth-order valence-electron chi connectivity index (χ4n) is 5.70. The smallest absolute Gasteiger partial charge is 0.261 e. The summed E-state index contributed by atoms with van der Waals surface area (Å²) >= 11 is 6.30. The van der Waals surface area contributed by atoms with Crippen LogP contribution >= 0.6 is 11.6 Å². The van der Waals surface area contributed by atoms with Crippen molar-refractivity contribution < 1.29 is 18.7 Å². The van der Waals surface area contributed by atoms with Crippen molar-refractivity contribution in [1.82, 2.24) is 34.6 Å². The number of aromatic nitrogens is 5. The second-order valence-corrected chi connectivity index (χ2v) is 11.1. The number of amides is 2. The molecule has 5 heterocycles. The van der Waals surface area contributed by atoms with E-state index in [0.717, 1.165) is 19.4 Å². The Labute approximate surface area is 240 Å². The van der Waals surface area contributed by atoms with E-state index in [-0.39, 0.29) is 35.0 Å². The highest BCUT2D eigenvalue weighted by Gasteiger charge is 2.43. The lowest BCUT2D eigenvalue weighted by atomic mass is 9.81. The lowest BCUT2D eigenvalue weighted by molar-refractivity contribution is -0.134. The first-order valence-electron chi connectivity index (χ1n) is 13.5.